The molecule has 0 atom stereocenters. The summed E-state index contributed by atoms with van der Waals surface area (Å²) in [6.07, 6.45) is 4.87. The van der Waals surface area contributed by atoms with Gasteiger partial charge in [-0.1, -0.05) is 30.3 Å². The molecular weight excluding hydrogens is 188 g/mol. The zero-order valence-electron chi connectivity index (χ0n) is 9.16. The monoisotopic (exact) mass is 206 g/mol. The van der Waals surface area contributed by atoms with Crippen LogP contribution in [0.15, 0.2) is 42.7 Å². The number of benzene rings is 1. The third kappa shape index (κ3) is 4.87. The molecule has 0 heterocycles. The Morgan fingerprint density at radius 2 is 1.79 bits per heavy atom. The van der Waals surface area contributed by atoms with Crippen molar-refractivity contribution in [3.8, 4) is 0 Å². The molecule has 1 rings (SSSR count). The molecule has 0 amide bonds. The van der Waals surface area contributed by atoms with Crippen molar-refractivity contribution < 1.29 is 4.43 Å². The van der Waals surface area contributed by atoms with Gasteiger partial charge in [0.15, 0.2) is 0 Å². The van der Waals surface area contributed by atoms with E-state index in [0.717, 1.165) is 6.42 Å². The van der Waals surface area contributed by atoms with Crippen molar-refractivity contribution in [2.45, 2.75) is 26.1 Å². The molecule has 0 N–H and O–H groups in total. The van der Waals surface area contributed by atoms with Crippen molar-refractivity contribution in [1.82, 2.24) is 0 Å². The van der Waals surface area contributed by atoms with E-state index in [1.54, 1.807) is 0 Å². The summed E-state index contributed by atoms with van der Waals surface area (Å²) < 4.78 is 5.61. The van der Waals surface area contributed by atoms with Crippen molar-refractivity contribution in [3.05, 3.63) is 48.2 Å². The van der Waals surface area contributed by atoms with Gasteiger partial charge in [0.2, 0.25) is 8.32 Å². The van der Waals surface area contributed by atoms with Crippen LogP contribution in [0.5, 0.6) is 0 Å². The van der Waals surface area contributed by atoms with Crippen LogP contribution in [0, 0.1) is 0 Å². The first-order chi connectivity index (χ1) is 6.58. The minimum Gasteiger partial charge on any atom is -0.550 e. The van der Waals surface area contributed by atoms with Gasteiger partial charge in [0.05, 0.1) is 6.26 Å². The fourth-order valence-electron chi connectivity index (χ4n) is 1.05. The molecule has 0 saturated heterocycles. The van der Waals surface area contributed by atoms with Gasteiger partial charge >= 0.3 is 0 Å². The van der Waals surface area contributed by atoms with Gasteiger partial charge in [-0.15, -0.1) is 0 Å². The third-order valence-corrected chi connectivity index (χ3v) is 2.56. The van der Waals surface area contributed by atoms with E-state index in [-0.39, 0.29) is 0 Å². The second-order valence-corrected chi connectivity index (χ2v) is 8.75. The van der Waals surface area contributed by atoms with E-state index in [2.05, 4.69) is 50.0 Å². The fraction of sp³-hybridized carbons (Fsp3) is 0.333. The van der Waals surface area contributed by atoms with Crippen LogP contribution in [0.25, 0.3) is 0 Å². The number of rotatable bonds is 4. The first-order valence-electron chi connectivity index (χ1n) is 4.95. The SMILES string of the molecule is C[Si](C)(C)O/C=C\Cc1ccccc1. The zero-order chi connectivity index (χ0) is 10.4. The molecule has 0 aliphatic heterocycles. The first-order valence-corrected chi connectivity index (χ1v) is 8.35. The molecule has 0 fully saturated rings. The van der Waals surface area contributed by atoms with Crippen molar-refractivity contribution in [1.29, 1.82) is 0 Å². The summed E-state index contributed by atoms with van der Waals surface area (Å²) in [7, 11) is -1.38. The van der Waals surface area contributed by atoms with E-state index in [0.29, 0.717) is 0 Å². The van der Waals surface area contributed by atoms with E-state index >= 15 is 0 Å². The molecule has 0 spiro atoms. The molecule has 0 radical (unpaired) electrons. The van der Waals surface area contributed by atoms with Gasteiger partial charge in [-0.3, -0.25) is 0 Å². The van der Waals surface area contributed by atoms with Crippen LogP contribution >= 0.6 is 0 Å². The molecule has 0 bridgehead atoms. The largest absolute Gasteiger partial charge is 0.550 e. The summed E-state index contributed by atoms with van der Waals surface area (Å²) in [5.74, 6) is 0. The van der Waals surface area contributed by atoms with Gasteiger partial charge in [-0.05, 0) is 37.7 Å². The molecule has 14 heavy (non-hydrogen) atoms. The molecule has 0 unspecified atom stereocenters. The van der Waals surface area contributed by atoms with E-state index in [1.165, 1.54) is 5.56 Å². The number of hydrogen-bond acceptors (Lipinski definition) is 1. The topological polar surface area (TPSA) is 9.23 Å². The predicted molar refractivity (Wildman–Crippen MR) is 63.7 cm³/mol. The normalized spacial score (nSPS) is 11.9. The lowest BCUT2D eigenvalue weighted by Gasteiger charge is -2.14. The molecular formula is C12H18OSi. The molecule has 76 valence electrons. The summed E-state index contributed by atoms with van der Waals surface area (Å²) in [5.41, 5.74) is 1.32. The standard InChI is InChI=1S/C12H18OSi/c1-14(2,3)13-11-7-10-12-8-5-4-6-9-12/h4-9,11H,10H2,1-3H3/b11-7-. The Kier molecular flexibility index (Phi) is 3.95. The lowest BCUT2D eigenvalue weighted by molar-refractivity contribution is 0.477. The van der Waals surface area contributed by atoms with Gasteiger partial charge < -0.3 is 4.43 Å². The molecule has 0 aromatic heterocycles. The van der Waals surface area contributed by atoms with Crippen LogP contribution in [0.2, 0.25) is 19.6 Å². The summed E-state index contributed by atoms with van der Waals surface area (Å²) in [4.78, 5) is 0. The Hall–Kier alpha value is -1.02. The maximum atomic E-state index is 5.61. The average molecular weight is 206 g/mol. The zero-order valence-corrected chi connectivity index (χ0v) is 10.2. The molecule has 1 aromatic rings. The van der Waals surface area contributed by atoms with Crippen LogP contribution in [-0.2, 0) is 10.8 Å². The van der Waals surface area contributed by atoms with Crippen molar-refractivity contribution in [2.75, 3.05) is 0 Å². The van der Waals surface area contributed by atoms with Crippen LogP contribution < -0.4 is 0 Å². The Balaban J connectivity index is 2.35. The molecule has 1 aromatic carbocycles. The second-order valence-electron chi connectivity index (χ2n) is 4.29. The quantitative estimate of drug-likeness (QED) is 0.540. The summed E-state index contributed by atoms with van der Waals surface area (Å²) >= 11 is 0. The summed E-state index contributed by atoms with van der Waals surface area (Å²) in [6, 6.07) is 10.4. The molecule has 0 aliphatic carbocycles. The Labute approximate surface area is 87.5 Å². The highest BCUT2D eigenvalue weighted by atomic mass is 28.4. The smallest absolute Gasteiger partial charge is 0.241 e. The Morgan fingerprint density at radius 1 is 1.14 bits per heavy atom. The van der Waals surface area contributed by atoms with Gasteiger partial charge in [-0.2, -0.15) is 0 Å². The molecule has 2 heteroatoms. The lowest BCUT2D eigenvalue weighted by Crippen LogP contribution is -2.21. The molecule has 1 nitrogen and oxygen atoms in total. The highest BCUT2D eigenvalue weighted by Gasteiger charge is 2.12. The molecule has 0 aliphatic rings. The highest BCUT2D eigenvalue weighted by Crippen LogP contribution is 2.04. The Morgan fingerprint density at radius 3 is 2.36 bits per heavy atom. The first kappa shape index (κ1) is 11.1. The summed E-state index contributed by atoms with van der Waals surface area (Å²) in [5, 5.41) is 0. The average Bonchev–Trinajstić information content (AvgIpc) is 2.13. The maximum absolute atomic E-state index is 5.61. The fourth-order valence-corrected chi connectivity index (χ4v) is 1.55. The maximum Gasteiger partial charge on any atom is 0.241 e. The lowest BCUT2D eigenvalue weighted by atomic mass is 10.2. The van der Waals surface area contributed by atoms with Crippen molar-refractivity contribution in [2.24, 2.45) is 0 Å². The van der Waals surface area contributed by atoms with Gasteiger partial charge in [0, 0.05) is 0 Å². The highest BCUT2D eigenvalue weighted by molar-refractivity contribution is 6.69. The van der Waals surface area contributed by atoms with Gasteiger partial charge in [0.25, 0.3) is 0 Å². The van der Waals surface area contributed by atoms with Gasteiger partial charge in [0.1, 0.15) is 0 Å². The van der Waals surface area contributed by atoms with Crippen molar-refractivity contribution in [3.63, 3.8) is 0 Å². The van der Waals surface area contributed by atoms with E-state index in [4.69, 9.17) is 4.43 Å². The van der Waals surface area contributed by atoms with Crippen LogP contribution in [0.3, 0.4) is 0 Å². The summed E-state index contributed by atoms with van der Waals surface area (Å²) in [6.45, 7) is 6.54. The number of allylic oxidation sites excluding steroid dienone is 1. The Bertz CT molecular complexity index is 285. The minimum atomic E-state index is -1.38. The minimum absolute atomic E-state index is 0.950. The van der Waals surface area contributed by atoms with Crippen LogP contribution in [-0.4, -0.2) is 8.32 Å². The van der Waals surface area contributed by atoms with E-state index in [1.807, 2.05) is 12.3 Å². The van der Waals surface area contributed by atoms with E-state index < -0.39 is 8.32 Å². The van der Waals surface area contributed by atoms with Crippen molar-refractivity contribution >= 4 is 8.32 Å². The second kappa shape index (κ2) is 5.01. The molecule has 0 saturated carbocycles. The predicted octanol–water partition coefficient (Wildman–Crippen LogP) is 3.59. The van der Waals surface area contributed by atoms with Gasteiger partial charge in [-0.25, -0.2) is 0 Å². The third-order valence-electron chi connectivity index (χ3n) is 1.71. The van der Waals surface area contributed by atoms with E-state index in [9.17, 15) is 0 Å². The van der Waals surface area contributed by atoms with Crippen LogP contribution in [0.1, 0.15) is 5.56 Å². The number of hydrogen-bond donors (Lipinski definition) is 0. The van der Waals surface area contributed by atoms with Crippen LogP contribution in [0.4, 0.5) is 0 Å².